The van der Waals surface area contributed by atoms with Crippen molar-refractivity contribution in [2.75, 3.05) is 6.61 Å². The van der Waals surface area contributed by atoms with Crippen LogP contribution in [-0.2, 0) is 4.74 Å². The van der Waals surface area contributed by atoms with Crippen molar-refractivity contribution in [1.82, 2.24) is 4.98 Å². The molecule has 1 aromatic heterocycles. The fraction of sp³-hybridized carbons (Fsp3) is 0.333. The monoisotopic (exact) mass is 372 g/mol. The van der Waals surface area contributed by atoms with Gasteiger partial charge in [0.15, 0.2) is 0 Å². The highest BCUT2D eigenvalue weighted by atomic mass is 127. The number of nitrogens with zero attached hydrogens (tertiary/aromatic N) is 2. The van der Waals surface area contributed by atoms with Gasteiger partial charge in [0, 0.05) is 22.6 Å². The van der Waals surface area contributed by atoms with Gasteiger partial charge in [0.1, 0.15) is 11.1 Å². The Morgan fingerprint density at radius 1 is 1.67 bits per heavy atom. The minimum Gasteiger partial charge on any atom is -0.462 e. The zero-order valence-corrected chi connectivity index (χ0v) is 11.2. The summed E-state index contributed by atoms with van der Waals surface area (Å²) in [6, 6.07) is 0.746. The van der Waals surface area contributed by atoms with Crippen molar-refractivity contribution in [2.45, 2.75) is 13.3 Å². The lowest BCUT2D eigenvalue weighted by Crippen LogP contribution is -2.11. The third kappa shape index (κ3) is 3.09. The van der Waals surface area contributed by atoms with Gasteiger partial charge in [-0.1, -0.05) is 0 Å². The van der Waals surface area contributed by atoms with Gasteiger partial charge >= 0.3 is 11.8 Å². The lowest BCUT2D eigenvalue weighted by Gasteiger charge is -2.05. The van der Waals surface area contributed by atoms with Gasteiger partial charge in [-0.15, -0.1) is 0 Å². The number of pyridine rings is 1. The van der Waals surface area contributed by atoms with Crippen molar-refractivity contribution in [3.8, 4) is 0 Å². The van der Waals surface area contributed by atoms with Gasteiger partial charge in [0.05, 0.1) is 6.61 Å². The largest absolute Gasteiger partial charge is 0.462 e. The van der Waals surface area contributed by atoms with Crippen LogP contribution >= 0.6 is 22.6 Å². The molecule has 0 aliphatic heterocycles. The van der Waals surface area contributed by atoms with E-state index < -0.39 is 28.7 Å². The van der Waals surface area contributed by atoms with E-state index >= 15 is 0 Å². The summed E-state index contributed by atoms with van der Waals surface area (Å²) < 4.78 is 29.9. The number of hydrogen-bond donors (Lipinski definition) is 0. The standard InChI is InChI=1S/C9H7F2IN2O4/c1-2-18-9(15)5-3-4(6(10)11)8(14(16)17)13-7(5)12/h3,6H,2H2,1H3. The van der Waals surface area contributed by atoms with Gasteiger partial charge in [-0.3, -0.25) is 0 Å². The predicted molar refractivity (Wildman–Crippen MR) is 64.5 cm³/mol. The summed E-state index contributed by atoms with van der Waals surface area (Å²) in [6.45, 7) is 1.62. The molecule has 0 aliphatic rings. The van der Waals surface area contributed by atoms with Crippen molar-refractivity contribution in [1.29, 1.82) is 0 Å². The number of esters is 1. The van der Waals surface area contributed by atoms with Crippen LogP contribution in [0.2, 0.25) is 0 Å². The zero-order chi connectivity index (χ0) is 13.9. The molecule has 0 amide bonds. The van der Waals surface area contributed by atoms with Gasteiger partial charge in [-0.25, -0.2) is 13.6 Å². The van der Waals surface area contributed by atoms with E-state index in [2.05, 4.69) is 9.72 Å². The normalized spacial score (nSPS) is 10.5. The molecule has 1 heterocycles. The van der Waals surface area contributed by atoms with Gasteiger partial charge in [0.25, 0.3) is 6.43 Å². The third-order valence-corrected chi connectivity index (χ3v) is 2.71. The van der Waals surface area contributed by atoms with Crippen molar-refractivity contribution in [3.05, 3.63) is 31.0 Å². The molecule has 1 rings (SSSR count). The van der Waals surface area contributed by atoms with Crippen LogP contribution < -0.4 is 0 Å². The topological polar surface area (TPSA) is 82.3 Å². The molecule has 0 aliphatic carbocycles. The molecule has 0 bridgehead atoms. The molecule has 0 atom stereocenters. The molecule has 9 heteroatoms. The zero-order valence-electron chi connectivity index (χ0n) is 9.02. The Bertz CT molecular complexity index is 496. The number of rotatable bonds is 4. The Morgan fingerprint density at radius 3 is 2.72 bits per heavy atom. The van der Waals surface area contributed by atoms with Gasteiger partial charge < -0.3 is 14.9 Å². The number of aromatic nitrogens is 1. The van der Waals surface area contributed by atoms with Crippen LogP contribution in [0, 0.1) is 13.8 Å². The maximum atomic E-state index is 12.6. The minimum absolute atomic E-state index is 0.0536. The first-order valence-electron chi connectivity index (χ1n) is 4.68. The smallest absolute Gasteiger partial charge is 0.373 e. The third-order valence-electron chi connectivity index (χ3n) is 1.89. The highest BCUT2D eigenvalue weighted by molar-refractivity contribution is 14.1. The van der Waals surface area contributed by atoms with Crippen LogP contribution in [0.15, 0.2) is 6.07 Å². The second kappa shape index (κ2) is 5.98. The molecular weight excluding hydrogens is 365 g/mol. The molecule has 0 saturated carbocycles. The van der Waals surface area contributed by atoms with Gasteiger partial charge in [0.2, 0.25) is 3.70 Å². The predicted octanol–water partition coefficient (Wildman–Crippen LogP) is 2.71. The van der Waals surface area contributed by atoms with E-state index in [0.29, 0.717) is 0 Å². The molecule has 18 heavy (non-hydrogen) atoms. The molecular formula is C9H7F2IN2O4. The summed E-state index contributed by atoms with van der Waals surface area (Å²) >= 11 is 1.55. The second-order valence-electron chi connectivity index (χ2n) is 3.02. The molecule has 0 spiro atoms. The van der Waals surface area contributed by atoms with Crippen LogP contribution in [0.25, 0.3) is 0 Å². The summed E-state index contributed by atoms with van der Waals surface area (Å²) in [5.41, 5.74) is -1.11. The van der Waals surface area contributed by atoms with Crippen molar-refractivity contribution < 1.29 is 23.2 Å². The van der Waals surface area contributed by atoms with Crippen LogP contribution in [0.5, 0.6) is 0 Å². The molecule has 0 radical (unpaired) electrons. The minimum atomic E-state index is -3.09. The maximum Gasteiger partial charge on any atom is 0.373 e. The van der Waals surface area contributed by atoms with Crippen LogP contribution in [0.3, 0.4) is 0 Å². The second-order valence-corrected chi connectivity index (χ2v) is 4.04. The Balaban J connectivity index is 3.36. The molecule has 0 unspecified atom stereocenters. The van der Waals surface area contributed by atoms with Crippen molar-refractivity contribution >= 4 is 34.4 Å². The molecule has 0 saturated heterocycles. The summed E-state index contributed by atoms with van der Waals surface area (Å²) in [5.74, 6) is -1.80. The number of carbonyl (C=O) groups is 1. The first-order valence-corrected chi connectivity index (χ1v) is 5.76. The van der Waals surface area contributed by atoms with E-state index in [9.17, 15) is 23.7 Å². The number of nitro groups is 1. The highest BCUT2D eigenvalue weighted by Crippen LogP contribution is 2.30. The first kappa shape index (κ1) is 14.7. The Hall–Kier alpha value is -1.39. The van der Waals surface area contributed by atoms with E-state index in [1.807, 2.05) is 0 Å². The number of ether oxygens (including phenoxy) is 1. The van der Waals surface area contributed by atoms with Crippen molar-refractivity contribution in [3.63, 3.8) is 0 Å². The van der Waals surface area contributed by atoms with Gasteiger partial charge in [-0.2, -0.15) is 0 Å². The molecule has 0 fully saturated rings. The summed E-state index contributed by atoms with van der Waals surface area (Å²) in [6.07, 6.45) is -3.09. The lowest BCUT2D eigenvalue weighted by atomic mass is 10.2. The fourth-order valence-corrected chi connectivity index (χ4v) is 1.76. The summed E-state index contributed by atoms with van der Waals surface area (Å²) in [5, 5.41) is 10.6. The van der Waals surface area contributed by atoms with E-state index in [1.165, 1.54) is 0 Å². The average Bonchev–Trinajstić information content (AvgIpc) is 2.28. The Labute approximate surface area is 114 Å². The highest BCUT2D eigenvalue weighted by Gasteiger charge is 2.29. The summed E-state index contributed by atoms with van der Waals surface area (Å²) in [7, 11) is 0. The van der Waals surface area contributed by atoms with Crippen LogP contribution in [-0.4, -0.2) is 22.5 Å². The first-order chi connectivity index (χ1) is 8.38. The van der Waals surface area contributed by atoms with E-state index in [1.54, 1.807) is 29.5 Å². The fourth-order valence-electron chi connectivity index (χ4n) is 1.16. The number of hydrogen-bond acceptors (Lipinski definition) is 5. The SMILES string of the molecule is CCOC(=O)c1cc(C(F)F)c([N+](=O)[O-])nc1I. The van der Waals surface area contributed by atoms with Crippen LogP contribution in [0.1, 0.15) is 29.3 Å². The van der Waals surface area contributed by atoms with E-state index in [4.69, 9.17) is 0 Å². The Morgan fingerprint density at radius 2 is 2.28 bits per heavy atom. The lowest BCUT2D eigenvalue weighted by molar-refractivity contribution is -0.391. The van der Waals surface area contributed by atoms with Crippen LogP contribution in [0.4, 0.5) is 14.6 Å². The molecule has 98 valence electrons. The molecule has 0 N–H and O–H groups in total. The maximum absolute atomic E-state index is 12.6. The number of halogens is 3. The number of carbonyl (C=O) groups excluding carboxylic acids is 1. The van der Waals surface area contributed by atoms with Gasteiger partial charge in [-0.05, 0) is 22.9 Å². The van der Waals surface area contributed by atoms with E-state index in [-0.39, 0.29) is 15.9 Å². The number of alkyl halides is 2. The molecule has 1 aromatic rings. The molecule has 0 aromatic carbocycles. The molecule has 6 nitrogen and oxygen atoms in total. The van der Waals surface area contributed by atoms with Crippen molar-refractivity contribution in [2.24, 2.45) is 0 Å². The van der Waals surface area contributed by atoms with E-state index in [0.717, 1.165) is 6.07 Å². The summed E-state index contributed by atoms with van der Waals surface area (Å²) in [4.78, 5) is 24.4. The average molecular weight is 372 g/mol. The Kier molecular flexibility index (Phi) is 4.87. The quantitative estimate of drug-likeness (QED) is 0.267.